The van der Waals surface area contributed by atoms with Crippen LogP contribution in [0.2, 0.25) is 5.02 Å². The fourth-order valence-corrected chi connectivity index (χ4v) is 17.5. The number of aliphatic hydroxyl groups excluding tert-OH is 5. The number of primary amides is 1. The van der Waals surface area contributed by atoms with Gasteiger partial charge in [0, 0.05) is 41.9 Å². The fourth-order valence-electron chi connectivity index (χ4n) is 17.2. The van der Waals surface area contributed by atoms with Crippen molar-refractivity contribution in [2.45, 2.75) is 261 Å². The number of nitrogens with one attached hydrogen (secondary N) is 11. The molecule has 8 heterocycles. The first-order valence-corrected chi connectivity index (χ1v) is 44.6. The molecule has 8 aliphatic rings. The van der Waals surface area contributed by atoms with Crippen LogP contribution in [0.5, 0.6) is 46.0 Å². The highest BCUT2D eigenvalue weighted by atomic mass is 35.5. The van der Waals surface area contributed by atoms with Crippen LogP contribution in [0.25, 0.3) is 11.1 Å². The van der Waals surface area contributed by atoms with E-state index >= 15 is 24.0 Å². The Kier molecular flexibility index (Phi) is 32.7. The number of alkyl carbamates (subject to hydrolysis) is 1. The van der Waals surface area contributed by atoms with E-state index < -0.39 is 243 Å². The fraction of sp³-hybridized carbons (Fsp3) is 0.500. The second kappa shape index (κ2) is 43.6. The van der Waals surface area contributed by atoms with E-state index in [-0.39, 0.29) is 77.7 Å². The van der Waals surface area contributed by atoms with Gasteiger partial charge >= 0.3 is 18.1 Å². The lowest BCUT2D eigenvalue weighted by molar-refractivity contribution is -0.332. The summed E-state index contributed by atoms with van der Waals surface area (Å²) < 4.78 is 44.9. The molecule has 0 unspecified atom stereocenters. The highest BCUT2D eigenvalue weighted by Crippen LogP contribution is 2.51. The van der Waals surface area contributed by atoms with Gasteiger partial charge in [-0.3, -0.25) is 33.6 Å². The zero-order valence-corrected chi connectivity index (χ0v) is 74.7. The lowest BCUT2D eigenvalue weighted by atomic mass is 9.86. The largest absolute Gasteiger partial charge is 0.507 e. The van der Waals surface area contributed by atoms with Crippen LogP contribution in [0.4, 0.5) is 15.3 Å². The standard InChI is InChI=1S/C92H117ClN12O26/c1-9-11-13-15-19-46-21-25-52(33-47(46)20-16-14-12-10-2)98-90(123)97-30-18-17-29-96-41-55-60(108)38-54-68(76(55)112)53-34-48(22-26-59(53)107)69-84(117)104-73(87(120)102-71(54)88(121)122)75(111)50-24-28-62(56(93)35-50)127-64-37-51-36-63(79(64)130-89-80(78(114)77(113)65(42-106)128-89)129-67-40-92(7)81(45(6)125-67)131-91(124)105-92)126-61-27-23-49(32-44(61)5)74(110)72(103-82(115)57(95-8)31-43(3)4)86(119)99-58(39-66(94)109)83(116)100-70(51)85(118)101-69/h21-28,32-38,43,45,57-58,65,67,69-75,77-78,80-81,89,95-96,106-108,110-114H,9-20,29-31,39-42H2,1-8H3,(H2,94,109)(H,99,119)(H,100,116)(H,101,118)(H,102,120)(H,103,115)(H,104,117)(H,105,124)(H,121,122)(H2,97,98,123)/t45-,57+,58-,65+,67-,69+,70+,71-,72+,73-,74+,75+,77+,78-,80+,81+,89-,92-/m0/s1. The summed E-state index contributed by atoms with van der Waals surface area (Å²) in [4.78, 5) is 146. The third-order valence-electron chi connectivity index (χ3n) is 24.3. The lowest BCUT2D eigenvalue weighted by Crippen LogP contribution is -2.63. The summed E-state index contributed by atoms with van der Waals surface area (Å²) in [5.74, 6) is -15.6. The Balaban J connectivity index is 0.959. The molecule has 22 N–H and O–H groups in total. The SMILES string of the molecule is CCCCCCc1ccc(NC(=O)NCCCCNCc2c(O)cc3c(c2O)-c2cc(ccc2O)[C@H]2NC(=O)[C@@H]4NC(=O)[C@H](CC(N)=O)NC(=O)[C@H](NC(=O)[C@@H](CC(C)C)NC)[C@H](O)c5ccc(c(C)c5)Oc5cc4cc(c5O[C@@H]4O[C@H](CO)[C@@H](O)[C@H](O)[C@H]4O[C@H]4C[C@]5(C)NC(=O)O[C@@H]5[C@H](C)O4)Oc4ccc(cc4Cl)[C@@H](O)[C@H](NC2=O)C(=O)N[C@@H]3C(=O)O)cc1CCCCCC. The van der Waals surface area contributed by atoms with Crippen molar-refractivity contribution in [2.75, 3.05) is 32.1 Å². The second-order valence-corrected chi connectivity index (χ2v) is 35.0. The number of carboxylic acids is 1. The highest BCUT2D eigenvalue weighted by molar-refractivity contribution is 6.32. The summed E-state index contributed by atoms with van der Waals surface area (Å²) in [7, 11) is 1.49. The van der Waals surface area contributed by atoms with Crippen LogP contribution < -0.4 is 78.4 Å². The molecule has 3 fully saturated rings. The average Bonchev–Trinajstić information content (AvgIpc) is 1.71. The number of aliphatic hydroxyl groups is 5. The molecule has 18 atom stereocenters. The maximum absolute atomic E-state index is 16.5. The predicted molar refractivity (Wildman–Crippen MR) is 472 cm³/mol. The van der Waals surface area contributed by atoms with Crippen LogP contribution >= 0.6 is 11.6 Å². The number of urea groups is 1. The molecule has 6 aromatic carbocycles. The number of anilines is 1. The van der Waals surface area contributed by atoms with Gasteiger partial charge in [-0.1, -0.05) is 102 Å². The van der Waals surface area contributed by atoms with Crippen molar-refractivity contribution in [2.24, 2.45) is 11.7 Å². The van der Waals surface area contributed by atoms with E-state index in [1.165, 1.54) is 49.4 Å². The molecule has 0 saturated carbocycles. The number of aliphatic carboxylic acids is 1. The van der Waals surface area contributed by atoms with Crippen molar-refractivity contribution in [1.82, 2.24) is 53.2 Å². The van der Waals surface area contributed by atoms with E-state index in [1.807, 2.05) is 26.0 Å². The Labute approximate surface area is 760 Å². The van der Waals surface area contributed by atoms with Gasteiger partial charge in [0.2, 0.25) is 53.4 Å². The summed E-state index contributed by atoms with van der Waals surface area (Å²) >= 11 is 7.20. The minimum absolute atomic E-state index is 0.0416. The summed E-state index contributed by atoms with van der Waals surface area (Å²) in [6.45, 7) is 11.9. The molecule has 8 aliphatic heterocycles. The average molecular weight is 1840 g/mol. The number of rotatable bonds is 31. The van der Waals surface area contributed by atoms with Crippen LogP contribution in [0.3, 0.4) is 0 Å². The number of hydrogen-bond donors (Lipinski definition) is 21. The maximum Gasteiger partial charge on any atom is 0.408 e. The highest BCUT2D eigenvalue weighted by Gasteiger charge is 2.56. The van der Waals surface area contributed by atoms with Gasteiger partial charge < -0.3 is 143 Å². The first kappa shape index (κ1) is 98.3. The van der Waals surface area contributed by atoms with Crippen LogP contribution in [0.15, 0.2) is 91.0 Å². The van der Waals surface area contributed by atoms with Crippen molar-refractivity contribution >= 4 is 76.7 Å². The minimum Gasteiger partial charge on any atom is -0.507 e. The van der Waals surface area contributed by atoms with Gasteiger partial charge in [-0.05, 0) is 191 Å². The smallest absolute Gasteiger partial charge is 0.408 e. The Bertz CT molecular complexity index is 5220. The van der Waals surface area contributed by atoms with Gasteiger partial charge in [-0.25, -0.2) is 14.4 Å². The van der Waals surface area contributed by atoms with Crippen molar-refractivity contribution in [1.29, 1.82) is 0 Å². The number of ether oxygens (including phenoxy) is 7. The van der Waals surface area contributed by atoms with Crippen molar-refractivity contribution in [3.05, 3.63) is 146 Å². The first-order valence-electron chi connectivity index (χ1n) is 44.2. The predicted octanol–water partition coefficient (Wildman–Crippen LogP) is 6.49. The minimum atomic E-state index is -2.36. The number of carboxylic acid groups (broad SMARTS) is 1. The normalized spacial score (nSPS) is 25.6. The van der Waals surface area contributed by atoms with Crippen LogP contribution in [0.1, 0.15) is 205 Å². The summed E-state index contributed by atoms with van der Waals surface area (Å²) in [5, 5.41) is 137. The number of aryl methyl sites for hydroxylation is 3. The molecular weight excluding hydrogens is 1720 g/mol. The molecule has 0 spiro atoms. The topological polar surface area (TPSA) is 576 Å². The van der Waals surface area contributed by atoms with Crippen molar-refractivity contribution in [3.63, 3.8) is 0 Å². The van der Waals surface area contributed by atoms with E-state index in [0.29, 0.717) is 18.5 Å². The number of fused-ring (bicyclic) bond motifs is 16. The van der Waals surface area contributed by atoms with Gasteiger partial charge in [0.15, 0.2) is 36.0 Å². The molecule has 131 heavy (non-hydrogen) atoms. The molecule has 0 aromatic heterocycles. The Morgan fingerprint density at radius 2 is 1.34 bits per heavy atom. The number of phenols is 3. The third kappa shape index (κ3) is 23.3. The van der Waals surface area contributed by atoms with E-state index in [1.54, 1.807) is 13.8 Å². The number of amides is 10. The number of carbonyl (C=O) groups excluding carboxylic acids is 9. The van der Waals surface area contributed by atoms with Crippen LogP contribution in [-0.2, 0) is 76.7 Å². The van der Waals surface area contributed by atoms with E-state index in [0.717, 1.165) is 113 Å². The molecule has 0 radical (unpaired) electrons. The van der Waals surface area contributed by atoms with Crippen LogP contribution in [0, 0.1) is 12.8 Å². The van der Waals surface area contributed by atoms with Gasteiger partial charge in [0.05, 0.1) is 41.3 Å². The van der Waals surface area contributed by atoms with Crippen molar-refractivity contribution in [3.8, 4) is 57.1 Å². The van der Waals surface area contributed by atoms with Gasteiger partial charge in [0.25, 0.3) is 0 Å². The zero-order valence-electron chi connectivity index (χ0n) is 73.9. The summed E-state index contributed by atoms with van der Waals surface area (Å²) in [6.07, 6.45) is -7.08. The number of halogens is 1. The van der Waals surface area contributed by atoms with Gasteiger partial charge in [-0.15, -0.1) is 0 Å². The van der Waals surface area contributed by atoms with Gasteiger partial charge in [-0.2, -0.15) is 0 Å². The Hall–Kier alpha value is -11.7. The number of hydrogen-bond acceptors (Lipinski definition) is 27. The number of phenolic OH excluding ortho intramolecular Hbond substituents is 3. The van der Waals surface area contributed by atoms with E-state index in [4.69, 9.17) is 50.5 Å². The van der Waals surface area contributed by atoms with Crippen molar-refractivity contribution < 1.29 is 127 Å². The number of carbonyl (C=O) groups is 10. The number of benzene rings is 6. The van der Waals surface area contributed by atoms with Gasteiger partial charge in [0.1, 0.15) is 89.5 Å². The number of aromatic hydroxyl groups is 3. The van der Waals surface area contributed by atoms with E-state index in [2.05, 4.69) is 78.4 Å². The molecule has 6 aromatic rings. The molecule has 39 heteroatoms. The quantitative estimate of drug-likeness (QED) is 0.0207. The second-order valence-electron chi connectivity index (χ2n) is 34.6. The molecule has 3 saturated heterocycles. The monoisotopic (exact) mass is 1840 g/mol. The maximum atomic E-state index is 16.5. The molecule has 38 nitrogen and oxygen atoms in total. The molecule has 14 rings (SSSR count). The summed E-state index contributed by atoms with van der Waals surface area (Å²) in [5.41, 5.74) is 4.94. The lowest BCUT2D eigenvalue weighted by Gasteiger charge is -2.46. The third-order valence-corrected chi connectivity index (χ3v) is 24.6. The number of nitrogens with two attached hydrogens (primary N) is 1. The molecule has 0 aliphatic carbocycles. The molecule has 708 valence electrons. The van der Waals surface area contributed by atoms with E-state index in [9.17, 15) is 69.9 Å². The molecule has 11 bridgehead atoms. The Morgan fingerprint density at radius 1 is 0.679 bits per heavy atom. The number of unbranched alkanes of at least 4 members (excludes halogenated alkanes) is 7. The molecular formula is C92H117ClN12O26. The number of likely N-dealkylation sites (N-methyl/N-ethyl adjacent to an activating group) is 1. The Morgan fingerprint density at radius 3 is 2.00 bits per heavy atom. The van der Waals surface area contributed by atoms with Crippen LogP contribution in [-0.4, -0.2) is 211 Å². The molecule has 10 amide bonds. The first-order chi connectivity index (χ1) is 62.5. The zero-order chi connectivity index (χ0) is 94.6. The summed E-state index contributed by atoms with van der Waals surface area (Å²) in [6, 6.07) is 4.81.